The molecular formula is C52H45IN2O8S2. The van der Waals surface area contributed by atoms with Gasteiger partial charge in [0.2, 0.25) is 0 Å². The Bertz CT molecular complexity index is 2720. The monoisotopic (exact) mass is 1020 g/mol. The number of hydrogen-bond donors (Lipinski definition) is 0. The van der Waals surface area contributed by atoms with Crippen LogP contribution in [0.1, 0.15) is 0 Å². The van der Waals surface area contributed by atoms with E-state index in [1.54, 1.807) is 51.1 Å². The van der Waals surface area contributed by atoms with Crippen LogP contribution in [0.4, 0.5) is 34.1 Å². The number of ether oxygens (including phenoxy) is 8. The van der Waals surface area contributed by atoms with Gasteiger partial charge >= 0.3 is 0 Å². The maximum atomic E-state index is 5.94. The summed E-state index contributed by atoms with van der Waals surface area (Å²) in [5, 5.41) is 2.01. The van der Waals surface area contributed by atoms with Crippen molar-refractivity contribution in [1.29, 1.82) is 0 Å². The van der Waals surface area contributed by atoms with E-state index in [1.165, 1.54) is 0 Å². The van der Waals surface area contributed by atoms with Gasteiger partial charge in [-0.05, 0) is 155 Å². The zero-order valence-corrected chi connectivity index (χ0v) is 39.9. The van der Waals surface area contributed by atoms with E-state index in [0.29, 0.717) is 26.4 Å². The third-order valence-electron chi connectivity index (χ3n) is 10.8. The minimum Gasteiger partial charge on any atom is -0.497 e. The quantitative estimate of drug-likeness (QED) is 0.110. The lowest BCUT2D eigenvalue weighted by molar-refractivity contribution is 0.173. The molecule has 0 spiro atoms. The summed E-state index contributed by atoms with van der Waals surface area (Å²) in [5.74, 6) is 6.68. The van der Waals surface area contributed by atoms with Crippen LogP contribution in [0.2, 0.25) is 0 Å². The van der Waals surface area contributed by atoms with Crippen molar-refractivity contribution in [3.8, 4) is 66.9 Å². The summed E-state index contributed by atoms with van der Waals surface area (Å²) in [4.78, 5) is 6.59. The first-order valence-corrected chi connectivity index (χ1v) is 23.5. The number of fused-ring (bicyclic) bond motifs is 2. The number of nitrogens with zero attached hydrogens (tertiary/aromatic N) is 2. The molecule has 0 saturated heterocycles. The van der Waals surface area contributed by atoms with Crippen LogP contribution >= 0.6 is 45.3 Å². The summed E-state index contributed by atoms with van der Waals surface area (Å²) in [6.45, 7) is 2.35. The lowest BCUT2D eigenvalue weighted by Crippen LogP contribution is -2.14. The summed E-state index contributed by atoms with van der Waals surface area (Å²) >= 11 is 5.66. The maximum absolute atomic E-state index is 5.94. The molecule has 2 aliphatic heterocycles. The van der Waals surface area contributed by atoms with E-state index >= 15 is 0 Å². The maximum Gasteiger partial charge on any atom is 0.186 e. The summed E-state index contributed by atoms with van der Waals surface area (Å²) in [6, 6.07) is 49.2. The SMILES string of the molecule is COc1ccc(N(c2ccc(OC)cc2)c2ccc(-c3sc(I)c4c3OCCO4)cc2)cc1.COc1ccc(N(c2ccc(OC)cc2)c2ccc(-c3scc4c3OCCO4)cc2)cc1. The second-order valence-electron chi connectivity index (χ2n) is 14.6. The van der Waals surface area contributed by atoms with Gasteiger partial charge in [-0.1, -0.05) is 24.3 Å². The average Bonchev–Trinajstić information content (AvgIpc) is 3.97. The first kappa shape index (κ1) is 43.7. The third kappa shape index (κ3) is 9.49. The highest BCUT2D eigenvalue weighted by atomic mass is 127. The molecule has 2 aliphatic rings. The summed E-state index contributed by atoms with van der Waals surface area (Å²) in [6.07, 6.45) is 0. The number of anilines is 6. The second kappa shape index (κ2) is 20.1. The van der Waals surface area contributed by atoms with Crippen LogP contribution in [0.15, 0.2) is 151 Å². The van der Waals surface area contributed by atoms with Crippen LogP contribution in [0.5, 0.6) is 46.0 Å². The molecule has 0 amide bonds. The van der Waals surface area contributed by atoms with Crippen LogP contribution in [0.25, 0.3) is 20.9 Å². The van der Waals surface area contributed by atoms with Crippen LogP contribution in [0, 0.1) is 2.88 Å². The van der Waals surface area contributed by atoms with Crippen molar-refractivity contribution in [2.45, 2.75) is 0 Å². The van der Waals surface area contributed by atoms with Crippen molar-refractivity contribution < 1.29 is 37.9 Å². The lowest BCUT2D eigenvalue weighted by atomic mass is 10.1. The van der Waals surface area contributed by atoms with Crippen molar-refractivity contribution in [1.82, 2.24) is 0 Å². The molecular weight excluding hydrogens is 972 g/mol. The van der Waals surface area contributed by atoms with Gasteiger partial charge in [0, 0.05) is 39.5 Å². The van der Waals surface area contributed by atoms with Gasteiger partial charge in [0.15, 0.2) is 23.0 Å². The van der Waals surface area contributed by atoms with E-state index in [1.807, 2.05) is 53.9 Å². The van der Waals surface area contributed by atoms with E-state index in [2.05, 4.69) is 129 Å². The lowest BCUT2D eigenvalue weighted by Gasteiger charge is -2.26. The van der Waals surface area contributed by atoms with Crippen molar-refractivity contribution in [3.63, 3.8) is 0 Å². The standard InChI is InChI=1S/C26H22INO4S.C26H23NO4S/c1-29-21-11-7-19(8-12-21)28(20-9-13-22(30-2)14-10-20)18-5-3-17(4-6-18)25-23-24(26(27)33-25)32-16-15-31-23;1-28-22-11-7-20(8-12-22)27(21-9-13-23(29-2)14-10-21)19-5-3-18(4-6-19)26-25-24(17-32-26)30-15-16-31-25/h3-14H,15-16H2,1-2H3;3-14,17H,15-16H2,1-2H3. The van der Waals surface area contributed by atoms with Gasteiger partial charge < -0.3 is 47.7 Å². The molecule has 330 valence electrons. The Morgan fingerprint density at radius 2 is 0.723 bits per heavy atom. The molecule has 0 atom stereocenters. The van der Waals surface area contributed by atoms with Gasteiger partial charge in [-0.25, -0.2) is 0 Å². The molecule has 6 aromatic carbocycles. The third-order valence-corrected chi connectivity index (χ3v) is 13.9. The number of rotatable bonds is 12. The molecule has 10 nitrogen and oxygen atoms in total. The van der Waals surface area contributed by atoms with Crippen LogP contribution < -0.4 is 47.7 Å². The molecule has 0 saturated carbocycles. The molecule has 0 radical (unpaired) electrons. The smallest absolute Gasteiger partial charge is 0.186 e. The second-order valence-corrected chi connectivity index (χ2v) is 18.3. The molecule has 10 rings (SSSR count). The Labute approximate surface area is 400 Å². The zero-order chi connectivity index (χ0) is 44.7. The normalized spacial score (nSPS) is 12.3. The Balaban J connectivity index is 0.000000164. The van der Waals surface area contributed by atoms with Crippen LogP contribution in [-0.4, -0.2) is 54.9 Å². The Morgan fingerprint density at radius 3 is 1.11 bits per heavy atom. The first-order valence-electron chi connectivity index (χ1n) is 20.8. The topological polar surface area (TPSA) is 80.3 Å². The molecule has 0 N–H and O–H groups in total. The Morgan fingerprint density at radius 1 is 0.400 bits per heavy atom. The van der Waals surface area contributed by atoms with E-state index in [-0.39, 0.29) is 0 Å². The molecule has 4 heterocycles. The summed E-state index contributed by atoms with van der Waals surface area (Å²) in [7, 11) is 6.70. The number of methoxy groups -OCH3 is 4. The van der Waals surface area contributed by atoms with Gasteiger partial charge in [0.1, 0.15) is 52.3 Å². The van der Waals surface area contributed by atoms with E-state index in [0.717, 1.165) is 104 Å². The zero-order valence-electron chi connectivity index (χ0n) is 36.1. The molecule has 0 aliphatic carbocycles. The van der Waals surface area contributed by atoms with Gasteiger partial charge in [-0.2, -0.15) is 0 Å². The van der Waals surface area contributed by atoms with Crippen molar-refractivity contribution in [3.05, 3.63) is 154 Å². The number of hydrogen-bond acceptors (Lipinski definition) is 12. The minimum absolute atomic E-state index is 0.577. The molecule has 8 aromatic rings. The molecule has 0 bridgehead atoms. The van der Waals surface area contributed by atoms with Crippen molar-refractivity contribution in [2.24, 2.45) is 0 Å². The highest BCUT2D eigenvalue weighted by molar-refractivity contribution is 14.1. The largest absolute Gasteiger partial charge is 0.497 e. The highest BCUT2D eigenvalue weighted by Crippen LogP contribution is 2.50. The van der Waals surface area contributed by atoms with Crippen molar-refractivity contribution in [2.75, 3.05) is 64.7 Å². The highest BCUT2D eigenvalue weighted by Gasteiger charge is 2.25. The fraction of sp³-hybridized carbons (Fsp3) is 0.154. The number of halogens is 1. The van der Waals surface area contributed by atoms with Crippen molar-refractivity contribution >= 4 is 79.4 Å². The van der Waals surface area contributed by atoms with Gasteiger partial charge in [0.25, 0.3) is 0 Å². The fourth-order valence-electron chi connectivity index (χ4n) is 7.51. The summed E-state index contributed by atoms with van der Waals surface area (Å²) in [5.41, 5.74) is 8.45. The van der Waals surface area contributed by atoms with Gasteiger partial charge in [0.05, 0.1) is 38.2 Å². The van der Waals surface area contributed by atoms with Gasteiger partial charge in [-0.3, -0.25) is 0 Å². The van der Waals surface area contributed by atoms with E-state index in [9.17, 15) is 0 Å². The Kier molecular flexibility index (Phi) is 13.5. The summed E-state index contributed by atoms with van der Waals surface area (Å²) < 4.78 is 45.8. The molecule has 0 fully saturated rings. The first-order chi connectivity index (χ1) is 31.9. The predicted molar refractivity (Wildman–Crippen MR) is 270 cm³/mol. The average molecular weight is 1020 g/mol. The van der Waals surface area contributed by atoms with Crippen LogP contribution in [-0.2, 0) is 0 Å². The predicted octanol–water partition coefficient (Wildman–Crippen LogP) is 14.0. The van der Waals surface area contributed by atoms with E-state index in [4.69, 9.17) is 37.9 Å². The van der Waals surface area contributed by atoms with Gasteiger partial charge in [-0.15, -0.1) is 22.7 Å². The molecule has 13 heteroatoms. The molecule has 65 heavy (non-hydrogen) atoms. The minimum atomic E-state index is 0.577. The van der Waals surface area contributed by atoms with Crippen LogP contribution in [0.3, 0.4) is 0 Å². The fourth-order valence-corrected chi connectivity index (χ4v) is 10.4. The Hall–Kier alpha value is -6.55. The number of thiophene rings is 2. The molecule has 2 aromatic heterocycles. The number of benzene rings is 6. The molecule has 0 unspecified atom stereocenters. The van der Waals surface area contributed by atoms with E-state index < -0.39 is 0 Å².